The van der Waals surface area contributed by atoms with Gasteiger partial charge in [-0.3, -0.25) is 14.3 Å². The number of likely N-dealkylation sites (tertiary alicyclic amines) is 1. The number of halogens is 6. The fourth-order valence-electron chi connectivity index (χ4n) is 5.04. The van der Waals surface area contributed by atoms with Crippen molar-refractivity contribution in [2.75, 3.05) is 30.3 Å². The lowest BCUT2D eigenvalue weighted by molar-refractivity contribution is -0.186. The maximum Gasteiger partial charge on any atom is 0.471 e. The van der Waals surface area contributed by atoms with Crippen molar-refractivity contribution in [3.8, 4) is 11.1 Å². The molecule has 2 amide bonds. The lowest BCUT2D eigenvalue weighted by Gasteiger charge is -2.33. The third-order valence-corrected chi connectivity index (χ3v) is 7.17. The number of amides is 2. The van der Waals surface area contributed by atoms with Crippen LogP contribution in [0.15, 0.2) is 36.8 Å². The van der Waals surface area contributed by atoms with Gasteiger partial charge in [0.2, 0.25) is 5.95 Å². The van der Waals surface area contributed by atoms with Gasteiger partial charge in [0.1, 0.15) is 5.82 Å². The maximum absolute atomic E-state index is 12.9. The van der Waals surface area contributed by atoms with Crippen molar-refractivity contribution in [3.05, 3.63) is 47.9 Å². The van der Waals surface area contributed by atoms with E-state index in [1.807, 2.05) is 0 Å². The highest BCUT2D eigenvalue weighted by molar-refractivity contribution is 5.82. The molecule has 0 atom stereocenters. The zero-order valence-corrected chi connectivity index (χ0v) is 22.3. The summed E-state index contributed by atoms with van der Waals surface area (Å²) in [7, 11) is 1.74. The van der Waals surface area contributed by atoms with Crippen molar-refractivity contribution in [2.24, 2.45) is 7.05 Å². The summed E-state index contributed by atoms with van der Waals surface area (Å²) in [6, 6.07) is 4.87. The van der Waals surface area contributed by atoms with Gasteiger partial charge in [-0.15, -0.1) is 0 Å². The molecule has 4 heterocycles. The van der Waals surface area contributed by atoms with Gasteiger partial charge in [0.15, 0.2) is 0 Å². The van der Waals surface area contributed by atoms with Crippen molar-refractivity contribution >= 4 is 29.3 Å². The van der Waals surface area contributed by atoms with Crippen LogP contribution in [0.25, 0.3) is 11.1 Å². The Balaban J connectivity index is 1.34. The Morgan fingerprint density at radius 2 is 1.62 bits per heavy atom. The molecule has 1 fully saturated rings. The number of anilines is 3. The number of piperidine rings is 1. The fraction of sp³-hybridized carbons (Fsp3) is 0.423. The molecule has 10 nitrogen and oxygen atoms in total. The maximum atomic E-state index is 12.9. The van der Waals surface area contributed by atoms with Crippen molar-refractivity contribution in [1.29, 1.82) is 0 Å². The van der Waals surface area contributed by atoms with E-state index >= 15 is 0 Å². The molecule has 2 aliphatic rings. The van der Waals surface area contributed by atoms with Gasteiger partial charge < -0.3 is 20.4 Å². The van der Waals surface area contributed by atoms with Gasteiger partial charge in [-0.1, -0.05) is 6.07 Å². The Bertz CT molecular complexity index is 1480. The summed E-state index contributed by atoms with van der Waals surface area (Å²) in [5.41, 5.74) is 3.18. The molecule has 2 N–H and O–H groups in total. The molecule has 42 heavy (non-hydrogen) atoms. The molecular weight excluding hydrogens is 570 g/mol. The van der Waals surface area contributed by atoms with Crippen molar-refractivity contribution < 1.29 is 35.9 Å². The molecule has 5 rings (SSSR count). The third kappa shape index (κ3) is 6.41. The lowest BCUT2D eigenvalue weighted by atomic mass is 9.99. The molecule has 2 aromatic heterocycles. The molecule has 0 spiro atoms. The van der Waals surface area contributed by atoms with E-state index in [0.717, 1.165) is 15.4 Å². The van der Waals surface area contributed by atoms with Crippen molar-refractivity contribution in [1.82, 2.24) is 29.5 Å². The van der Waals surface area contributed by atoms with Gasteiger partial charge in [0, 0.05) is 68.5 Å². The van der Waals surface area contributed by atoms with E-state index in [9.17, 15) is 35.9 Å². The monoisotopic (exact) mass is 596 g/mol. The van der Waals surface area contributed by atoms with Crippen LogP contribution in [-0.2, 0) is 29.6 Å². The number of nitrogens with zero attached hydrogens (tertiary/aromatic N) is 6. The van der Waals surface area contributed by atoms with Crippen LogP contribution in [-0.4, -0.2) is 79.4 Å². The number of aryl methyl sites for hydroxylation is 1. The highest BCUT2D eigenvalue weighted by atomic mass is 19.4. The quantitative estimate of drug-likeness (QED) is 0.429. The standard InChI is InChI=1S/C26H26F6N8O2/c1-38-13-17(11-34-38)20-12-33-24(37-21(20)35-18-5-8-39(9-6-18)22(41)25(27,28)29)36-19-3-2-15-4-7-40(14-16(15)10-19)23(42)26(30,31)32/h2-3,10-13,18H,4-9,14H2,1H3,(H2,33,35,36,37). The van der Waals surface area contributed by atoms with Crippen LogP contribution in [0.2, 0.25) is 0 Å². The van der Waals surface area contributed by atoms with E-state index < -0.39 is 24.2 Å². The molecule has 0 radical (unpaired) electrons. The Morgan fingerprint density at radius 3 is 2.26 bits per heavy atom. The first kappa shape index (κ1) is 29.1. The van der Waals surface area contributed by atoms with Gasteiger partial charge in [-0.2, -0.15) is 36.4 Å². The molecule has 0 bridgehead atoms. The number of hydrogen-bond donors (Lipinski definition) is 2. The minimum absolute atomic E-state index is 0.0324. The van der Waals surface area contributed by atoms with Crippen LogP contribution in [0, 0.1) is 0 Å². The number of benzene rings is 1. The van der Waals surface area contributed by atoms with E-state index in [4.69, 9.17) is 0 Å². The Hall–Kier alpha value is -4.37. The summed E-state index contributed by atoms with van der Waals surface area (Å²) in [6.07, 6.45) is -4.15. The van der Waals surface area contributed by atoms with Gasteiger partial charge in [0.05, 0.1) is 6.20 Å². The average molecular weight is 597 g/mol. The molecule has 0 saturated carbocycles. The summed E-state index contributed by atoms with van der Waals surface area (Å²) < 4.78 is 78.9. The van der Waals surface area contributed by atoms with E-state index in [0.29, 0.717) is 28.2 Å². The van der Waals surface area contributed by atoms with Crippen molar-refractivity contribution in [3.63, 3.8) is 0 Å². The number of nitrogens with one attached hydrogen (secondary N) is 2. The lowest BCUT2D eigenvalue weighted by Crippen LogP contribution is -2.47. The second-order valence-corrected chi connectivity index (χ2v) is 10.2. The Kier molecular flexibility index (Phi) is 7.72. The van der Waals surface area contributed by atoms with E-state index in [2.05, 4.69) is 25.7 Å². The highest BCUT2D eigenvalue weighted by Crippen LogP contribution is 2.31. The minimum Gasteiger partial charge on any atom is -0.367 e. The molecule has 0 unspecified atom stereocenters. The van der Waals surface area contributed by atoms with Crippen LogP contribution >= 0.6 is 0 Å². The molecule has 1 saturated heterocycles. The smallest absolute Gasteiger partial charge is 0.367 e. The summed E-state index contributed by atoms with van der Waals surface area (Å²) in [5, 5.41) is 10.5. The van der Waals surface area contributed by atoms with Crippen LogP contribution < -0.4 is 10.6 Å². The van der Waals surface area contributed by atoms with Crippen LogP contribution in [0.4, 0.5) is 43.8 Å². The van der Waals surface area contributed by atoms with Crippen molar-refractivity contribution in [2.45, 2.75) is 44.2 Å². The predicted octanol–water partition coefficient (Wildman–Crippen LogP) is 4.03. The first-order chi connectivity index (χ1) is 19.8. The fourth-order valence-corrected chi connectivity index (χ4v) is 5.04. The number of carbonyl (C=O) groups is 2. The number of rotatable bonds is 5. The zero-order chi connectivity index (χ0) is 30.2. The molecule has 1 aromatic carbocycles. The second-order valence-electron chi connectivity index (χ2n) is 10.2. The number of aromatic nitrogens is 4. The summed E-state index contributed by atoms with van der Waals surface area (Å²) >= 11 is 0. The number of carbonyl (C=O) groups excluding carboxylic acids is 2. The predicted molar refractivity (Wildman–Crippen MR) is 138 cm³/mol. The van der Waals surface area contributed by atoms with Crippen LogP contribution in [0.3, 0.4) is 0 Å². The molecule has 0 aliphatic carbocycles. The number of alkyl halides is 6. The largest absolute Gasteiger partial charge is 0.471 e. The first-order valence-electron chi connectivity index (χ1n) is 13.0. The molecule has 16 heteroatoms. The minimum atomic E-state index is -4.95. The van der Waals surface area contributed by atoms with E-state index in [1.54, 1.807) is 48.5 Å². The van der Waals surface area contributed by atoms with E-state index in [1.165, 1.54) is 0 Å². The zero-order valence-electron chi connectivity index (χ0n) is 22.3. The summed E-state index contributed by atoms with van der Waals surface area (Å²) in [5.74, 6) is -3.19. The molecule has 2 aliphatic heterocycles. The van der Waals surface area contributed by atoms with Crippen LogP contribution in [0.1, 0.15) is 24.0 Å². The van der Waals surface area contributed by atoms with E-state index in [-0.39, 0.29) is 57.4 Å². The molecule has 3 aromatic rings. The number of hydrogen-bond acceptors (Lipinski definition) is 7. The second kappa shape index (κ2) is 11.1. The average Bonchev–Trinajstić information content (AvgIpc) is 3.37. The summed E-state index contributed by atoms with van der Waals surface area (Å²) in [4.78, 5) is 33.8. The van der Waals surface area contributed by atoms with Gasteiger partial charge >= 0.3 is 24.2 Å². The van der Waals surface area contributed by atoms with Gasteiger partial charge in [-0.25, -0.2) is 4.98 Å². The summed E-state index contributed by atoms with van der Waals surface area (Å²) in [6.45, 7) is -0.365. The van der Waals surface area contributed by atoms with Crippen LogP contribution in [0.5, 0.6) is 0 Å². The first-order valence-corrected chi connectivity index (χ1v) is 13.0. The van der Waals surface area contributed by atoms with Gasteiger partial charge in [-0.05, 0) is 42.5 Å². The SMILES string of the molecule is Cn1cc(-c2cnc(Nc3ccc4c(c3)CN(C(=O)C(F)(F)F)CC4)nc2NC2CCN(C(=O)C(F)(F)F)CC2)cn1. The Morgan fingerprint density at radius 1 is 0.929 bits per heavy atom. The van der Waals surface area contributed by atoms with Gasteiger partial charge in [0.25, 0.3) is 0 Å². The topological polar surface area (TPSA) is 108 Å². The molecule has 224 valence electrons. The molecular formula is C26H26F6N8O2. The number of fused-ring (bicyclic) bond motifs is 1. The Labute approximate surface area is 235 Å². The highest BCUT2D eigenvalue weighted by Gasteiger charge is 2.44. The normalized spacial score (nSPS) is 16.3. The third-order valence-electron chi connectivity index (χ3n) is 7.17.